The molecule has 0 aliphatic heterocycles. The summed E-state index contributed by atoms with van der Waals surface area (Å²) in [5.41, 5.74) is 2.45. The first-order valence-electron chi connectivity index (χ1n) is 6.16. The van der Waals surface area contributed by atoms with Gasteiger partial charge in [0.1, 0.15) is 16.9 Å². The number of H-pyrrole nitrogens is 1. The lowest BCUT2D eigenvalue weighted by molar-refractivity contribution is -0.435. The molecule has 0 fully saturated rings. The highest BCUT2D eigenvalue weighted by Crippen LogP contribution is 2.25. The summed E-state index contributed by atoms with van der Waals surface area (Å²) in [6.07, 6.45) is -0.130. The maximum absolute atomic E-state index is 11.8. The minimum atomic E-state index is -0.355. The first kappa shape index (κ1) is 15.5. The number of carbonyl (C=O) groups is 1. The molecule has 19 heavy (non-hydrogen) atoms. The van der Waals surface area contributed by atoms with Crippen molar-refractivity contribution >= 4 is 17.7 Å². The molecule has 0 saturated carbocycles. The van der Waals surface area contributed by atoms with Crippen molar-refractivity contribution in [2.45, 2.75) is 51.0 Å². The van der Waals surface area contributed by atoms with E-state index in [1.54, 1.807) is 6.92 Å². The number of hydrogen-bond donors (Lipinski definition) is 0. The van der Waals surface area contributed by atoms with Gasteiger partial charge in [-0.3, -0.25) is 4.79 Å². The number of thioether (sulfide) groups is 1. The van der Waals surface area contributed by atoms with Gasteiger partial charge in [-0.1, -0.05) is 0 Å². The number of pyridine rings is 1. The zero-order valence-corrected chi connectivity index (χ0v) is 12.7. The molecular formula is C14H19N2O2S+. The number of aromatic amines is 1. The predicted molar refractivity (Wildman–Crippen MR) is 73.7 cm³/mol. The molecule has 102 valence electrons. The molecule has 0 amide bonds. The molecule has 5 heteroatoms. The summed E-state index contributed by atoms with van der Waals surface area (Å²) in [6.45, 7) is 9.23. The lowest BCUT2D eigenvalue weighted by atomic mass is 10.1. The van der Waals surface area contributed by atoms with Gasteiger partial charge in [0, 0.05) is 13.0 Å². The van der Waals surface area contributed by atoms with E-state index >= 15 is 0 Å². The van der Waals surface area contributed by atoms with Crippen LogP contribution in [-0.4, -0.2) is 17.3 Å². The summed E-state index contributed by atoms with van der Waals surface area (Å²) in [6, 6.07) is 4.09. The summed E-state index contributed by atoms with van der Waals surface area (Å²) >= 11 is 1.32. The van der Waals surface area contributed by atoms with E-state index in [0.29, 0.717) is 10.6 Å². The molecule has 0 aromatic carbocycles. The Morgan fingerprint density at radius 1 is 1.42 bits per heavy atom. The van der Waals surface area contributed by atoms with Crippen LogP contribution in [0.15, 0.2) is 11.1 Å². The van der Waals surface area contributed by atoms with Crippen molar-refractivity contribution in [3.8, 4) is 6.07 Å². The minimum Gasteiger partial charge on any atom is -0.462 e. The van der Waals surface area contributed by atoms with Gasteiger partial charge in [-0.05, 0) is 45.0 Å². The van der Waals surface area contributed by atoms with Gasteiger partial charge in [0.25, 0.3) is 5.03 Å². The minimum absolute atomic E-state index is 0.130. The number of aryl methyl sites for hydroxylation is 2. The second-order valence-corrected chi connectivity index (χ2v) is 6.05. The van der Waals surface area contributed by atoms with Crippen molar-refractivity contribution in [3.63, 3.8) is 0 Å². The van der Waals surface area contributed by atoms with Gasteiger partial charge < -0.3 is 4.74 Å². The molecule has 1 aromatic heterocycles. The lowest BCUT2D eigenvalue weighted by Crippen LogP contribution is -2.23. The predicted octanol–water partition coefficient (Wildman–Crippen LogP) is 2.42. The Hall–Kier alpha value is -1.54. The molecule has 0 spiro atoms. The topological polar surface area (TPSA) is 64.2 Å². The maximum Gasteiger partial charge on any atom is 0.319 e. The molecule has 0 bridgehead atoms. The van der Waals surface area contributed by atoms with Gasteiger partial charge in [0.05, 0.1) is 6.10 Å². The van der Waals surface area contributed by atoms with Gasteiger partial charge in [-0.15, -0.1) is 0 Å². The highest BCUT2D eigenvalue weighted by Gasteiger charge is 2.24. The Morgan fingerprint density at radius 3 is 2.58 bits per heavy atom. The van der Waals surface area contributed by atoms with Crippen LogP contribution in [0.25, 0.3) is 0 Å². The highest BCUT2D eigenvalue weighted by molar-refractivity contribution is 8.00. The molecule has 0 radical (unpaired) electrons. The Labute approximate surface area is 118 Å². The van der Waals surface area contributed by atoms with E-state index in [9.17, 15) is 10.1 Å². The number of carbonyl (C=O) groups excluding carboxylic acids is 1. The van der Waals surface area contributed by atoms with Gasteiger partial charge in [-0.25, -0.2) is 4.98 Å². The van der Waals surface area contributed by atoms with E-state index in [0.717, 1.165) is 11.3 Å². The number of esters is 1. The SMILES string of the molecule is Cc1cc(C)c(C#N)c(SC(C)C(=O)OC(C)C)[nH+]1. The van der Waals surface area contributed by atoms with E-state index < -0.39 is 0 Å². The number of aromatic nitrogens is 1. The Bertz CT molecular complexity index is 521. The molecule has 1 atom stereocenters. The van der Waals surface area contributed by atoms with E-state index in [2.05, 4.69) is 11.1 Å². The number of nitrogens with one attached hydrogen (secondary N) is 1. The number of ether oxygens (including phenoxy) is 1. The van der Waals surface area contributed by atoms with Crippen LogP contribution in [0, 0.1) is 25.2 Å². The van der Waals surface area contributed by atoms with E-state index in [-0.39, 0.29) is 17.3 Å². The fraction of sp³-hybridized carbons (Fsp3) is 0.500. The maximum atomic E-state index is 11.8. The molecule has 1 unspecified atom stereocenters. The molecule has 0 saturated heterocycles. The standard InChI is InChI=1S/C14H18N2O2S/c1-8(2)18-14(17)11(5)19-13-12(7-15)9(3)6-10(4)16-13/h6,8,11H,1-5H3/p+1. The van der Waals surface area contributed by atoms with Gasteiger partial charge in [0.15, 0.2) is 5.69 Å². The first-order chi connectivity index (χ1) is 8.85. The van der Waals surface area contributed by atoms with Gasteiger partial charge in [-0.2, -0.15) is 5.26 Å². The van der Waals surface area contributed by atoms with Crippen LogP contribution in [0.4, 0.5) is 0 Å². The number of nitrogens with zero attached hydrogens (tertiary/aromatic N) is 1. The summed E-state index contributed by atoms with van der Waals surface area (Å²) in [5.74, 6) is -0.267. The van der Waals surface area contributed by atoms with E-state index in [4.69, 9.17) is 4.74 Å². The van der Waals surface area contributed by atoms with Crippen LogP contribution in [0.5, 0.6) is 0 Å². The molecule has 1 N–H and O–H groups in total. The quantitative estimate of drug-likeness (QED) is 0.627. The molecule has 0 aliphatic rings. The Kier molecular flexibility index (Phi) is 5.37. The number of nitriles is 1. The fourth-order valence-corrected chi connectivity index (χ4v) is 2.68. The number of rotatable bonds is 4. The third-order valence-corrected chi connectivity index (χ3v) is 3.54. The molecular weight excluding hydrogens is 260 g/mol. The van der Waals surface area contributed by atoms with Crippen LogP contribution in [0.1, 0.15) is 37.6 Å². The normalized spacial score (nSPS) is 12.1. The first-order valence-corrected chi connectivity index (χ1v) is 7.04. The van der Waals surface area contributed by atoms with Crippen molar-refractivity contribution in [3.05, 3.63) is 22.9 Å². The zero-order valence-electron chi connectivity index (χ0n) is 11.9. The monoisotopic (exact) mass is 279 g/mol. The second-order valence-electron chi connectivity index (χ2n) is 4.70. The van der Waals surface area contributed by atoms with Crippen LogP contribution >= 0.6 is 11.8 Å². The second kappa shape index (κ2) is 6.58. The fourth-order valence-electron chi connectivity index (χ4n) is 1.63. The summed E-state index contributed by atoms with van der Waals surface area (Å²) in [4.78, 5) is 14.9. The Balaban J connectivity index is 2.94. The smallest absolute Gasteiger partial charge is 0.319 e. The highest BCUT2D eigenvalue weighted by atomic mass is 32.2. The van der Waals surface area contributed by atoms with Gasteiger partial charge in [0.2, 0.25) is 0 Å². The van der Waals surface area contributed by atoms with Crippen molar-refractivity contribution in [2.75, 3.05) is 0 Å². The van der Waals surface area contributed by atoms with Crippen LogP contribution in [-0.2, 0) is 9.53 Å². The summed E-state index contributed by atoms with van der Waals surface area (Å²) < 4.78 is 5.16. The zero-order chi connectivity index (χ0) is 14.6. The van der Waals surface area contributed by atoms with Crippen molar-refractivity contribution in [2.24, 2.45) is 0 Å². The molecule has 0 aliphatic carbocycles. The van der Waals surface area contributed by atoms with Crippen LogP contribution in [0.2, 0.25) is 0 Å². The third-order valence-electron chi connectivity index (χ3n) is 2.46. The third kappa shape index (κ3) is 4.25. The van der Waals surface area contributed by atoms with E-state index in [1.807, 2.05) is 33.8 Å². The Morgan fingerprint density at radius 2 is 2.05 bits per heavy atom. The number of hydrogen-bond acceptors (Lipinski definition) is 4. The van der Waals surface area contributed by atoms with Crippen molar-refractivity contribution < 1.29 is 14.5 Å². The largest absolute Gasteiger partial charge is 0.462 e. The lowest BCUT2D eigenvalue weighted by Gasteiger charge is -2.12. The average Bonchev–Trinajstić information content (AvgIpc) is 2.27. The molecule has 1 rings (SSSR count). The van der Waals surface area contributed by atoms with Gasteiger partial charge >= 0.3 is 5.97 Å². The summed E-state index contributed by atoms with van der Waals surface area (Å²) in [5, 5.41) is 9.55. The molecule has 4 nitrogen and oxygen atoms in total. The van der Waals surface area contributed by atoms with Crippen LogP contribution < -0.4 is 4.98 Å². The summed E-state index contributed by atoms with van der Waals surface area (Å²) in [7, 11) is 0. The average molecular weight is 279 g/mol. The van der Waals surface area contributed by atoms with Crippen molar-refractivity contribution in [1.29, 1.82) is 5.26 Å². The van der Waals surface area contributed by atoms with Crippen LogP contribution in [0.3, 0.4) is 0 Å². The van der Waals surface area contributed by atoms with Crippen molar-refractivity contribution in [1.82, 2.24) is 0 Å². The molecule has 1 heterocycles. The molecule has 1 aromatic rings. The van der Waals surface area contributed by atoms with E-state index in [1.165, 1.54) is 11.8 Å².